The van der Waals surface area contributed by atoms with Gasteiger partial charge in [0.2, 0.25) is 0 Å². The van der Waals surface area contributed by atoms with Crippen molar-refractivity contribution in [2.75, 3.05) is 26.7 Å². The number of nitrogens with zero attached hydrogens (tertiary/aromatic N) is 1. The number of likely N-dealkylation sites (tertiary alicyclic amines) is 1. The van der Waals surface area contributed by atoms with Crippen LogP contribution >= 0.6 is 0 Å². The van der Waals surface area contributed by atoms with Gasteiger partial charge in [-0.2, -0.15) is 0 Å². The molecule has 5 heteroatoms. The highest BCUT2D eigenvalue weighted by Crippen LogP contribution is 2.60. The molecule has 0 aromatic heterocycles. The number of hydrogen-bond donors (Lipinski definition) is 1. The molecule has 0 radical (unpaired) electrons. The normalized spacial score (nSPS) is 32.6. The molecule has 1 saturated heterocycles. The Kier molecular flexibility index (Phi) is 4.18. The molecule has 4 rings (SSSR count). The minimum Gasteiger partial charge on any atom is -0.469 e. The van der Waals surface area contributed by atoms with Gasteiger partial charge < -0.3 is 15.0 Å². The number of piperidine rings is 1. The lowest BCUT2D eigenvalue weighted by Gasteiger charge is -2.35. The first-order chi connectivity index (χ1) is 12.1. The van der Waals surface area contributed by atoms with E-state index in [9.17, 15) is 9.59 Å². The van der Waals surface area contributed by atoms with E-state index in [0.29, 0.717) is 37.3 Å². The summed E-state index contributed by atoms with van der Waals surface area (Å²) in [5.74, 6) is 1.83. The van der Waals surface area contributed by atoms with Crippen molar-refractivity contribution in [3.8, 4) is 0 Å². The quantitative estimate of drug-likeness (QED) is 0.858. The second kappa shape index (κ2) is 6.36. The standard InChI is InChI=1S/C20H26N2O3/c1-12-11-22(8-7-14(12)19(23)25-2)20(24)21-10-17-16-9-13-5-3-4-6-15(13)18(16)17/h3-6,12,14,16-18H,7-11H2,1-2H3,(H,21,24)/t12-,14-,16+,17-,18-/m1/s1. The number of amides is 2. The topological polar surface area (TPSA) is 58.6 Å². The number of urea groups is 1. The van der Waals surface area contributed by atoms with Gasteiger partial charge in [0.1, 0.15) is 0 Å². The van der Waals surface area contributed by atoms with Crippen LogP contribution in [0.4, 0.5) is 4.79 Å². The first kappa shape index (κ1) is 16.4. The Bertz CT molecular complexity index is 689. The van der Waals surface area contributed by atoms with Gasteiger partial charge in [-0.3, -0.25) is 4.79 Å². The minimum atomic E-state index is -0.156. The van der Waals surface area contributed by atoms with Crippen LogP contribution in [0.2, 0.25) is 0 Å². The van der Waals surface area contributed by atoms with Crippen molar-refractivity contribution in [1.29, 1.82) is 0 Å². The third kappa shape index (κ3) is 2.90. The summed E-state index contributed by atoms with van der Waals surface area (Å²) in [7, 11) is 1.43. The summed E-state index contributed by atoms with van der Waals surface area (Å²) in [6, 6.07) is 8.69. The Morgan fingerprint density at radius 3 is 2.88 bits per heavy atom. The molecular formula is C20H26N2O3. The summed E-state index contributed by atoms with van der Waals surface area (Å²) >= 11 is 0. The molecule has 2 aliphatic carbocycles. The van der Waals surface area contributed by atoms with E-state index in [-0.39, 0.29) is 23.8 Å². The van der Waals surface area contributed by atoms with Crippen molar-refractivity contribution in [1.82, 2.24) is 10.2 Å². The molecule has 5 nitrogen and oxygen atoms in total. The van der Waals surface area contributed by atoms with E-state index in [4.69, 9.17) is 4.74 Å². The maximum Gasteiger partial charge on any atom is 0.317 e. The lowest BCUT2D eigenvalue weighted by molar-refractivity contribution is -0.148. The number of ether oxygens (including phenoxy) is 1. The second-order valence-corrected chi connectivity index (χ2v) is 7.78. The number of esters is 1. The largest absolute Gasteiger partial charge is 0.469 e. The maximum absolute atomic E-state index is 12.5. The number of benzene rings is 1. The van der Waals surface area contributed by atoms with Gasteiger partial charge in [0.05, 0.1) is 13.0 Å². The fraction of sp³-hybridized carbons (Fsp3) is 0.600. The Morgan fingerprint density at radius 1 is 1.32 bits per heavy atom. The molecule has 2 amide bonds. The highest BCUT2D eigenvalue weighted by molar-refractivity contribution is 5.76. The third-order valence-electron chi connectivity index (χ3n) is 6.39. The highest BCUT2D eigenvalue weighted by Gasteiger charge is 2.55. The Morgan fingerprint density at radius 2 is 2.12 bits per heavy atom. The highest BCUT2D eigenvalue weighted by atomic mass is 16.5. The fourth-order valence-corrected chi connectivity index (χ4v) is 4.91. The maximum atomic E-state index is 12.5. The van der Waals surface area contributed by atoms with Crippen LogP contribution in [-0.4, -0.2) is 43.6 Å². The lowest BCUT2D eigenvalue weighted by atomic mass is 9.87. The van der Waals surface area contributed by atoms with E-state index in [2.05, 4.69) is 29.6 Å². The summed E-state index contributed by atoms with van der Waals surface area (Å²) in [4.78, 5) is 26.1. The van der Waals surface area contributed by atoms with E-state index in [0.717, 1.165) is 13.0 Å². The van der Waals surface area contributed by atoms with Crippen molar-refractivity contribution in [3.63, 3.8) is 0 Å². The van der Waals surface area contributed by atoms with Gasteiger partial charge in [-0.15, -0.1) is 0 Å². The van der Waals surface area contributed by atoms with E-state index < -0.39 is 0 Å². The van der Waals surface area contributed by atoms with Crippen molar-refractivity contribution in [2.45, 2.75) is 25.7 Å². The summed E-state index contributed by atoms with van der Waals surface area (Å²) in [5, 5.41) is 3.12. The molecule has 1 aromatic carbocycles. The van der Waals surface area contributed by atoms with E-state index in [1.807, 2.05) is 11.8 Å². The Hall–Kier alpha value is -2.04. The zero-order valence-electron chi connectivity index (χ0n) is 14.9. The van der Waals surface area contributed by atoms with Crippen LogP contribution in [0.15, 0.2) is 24.3 Å². The lowest BCUT2D eigenvalue weighted by Crippen LogP contribution is -2.49. The van der Waals surface area contributed by atoms with E-state index in [1.165, 1.54) is 18.2 Å². The minimum absolute atomic E-state index is 0.00780. The number of fused-ring (bicyclic) bond motifs is 3. The van der Waals surface area contributed by atoms with Gasteiger partial charge in [0.15, 0.2) is 0 Å². The summed E-state index contributed by atoms with van der Waals surface area (Å²) < 4.78 is 4.86. The molecular weight excluding hydrogens is 316 g/mol. The van der Waals surface area contributed by atoms with Crippen molar-refractivity contribution < 1.29 is 14.3 Å². The predicted molar refractivity (Wildman–Crippen MR) is 94.1 cm³/mol. The zero-order chi connectivity index (χ0) is 17.6. The molecule has 1 aromatic rings. The zero-order valence-corrected chi connectivity index (χ0v) is 14.9. The number of methoxy groups -OCH3 is 1. The van der Waals surface area contributed by atoms with Crippen LogP contribution in [-0.2, 0) is 16.0 Å². The summed E-state index contributed by atoms with van der Waals surface area (Å²) in [5.41, 5.74) is 2.97. The molecule has 1 saturated carbocycles. The van der Waals surface area contributed by atoms with E-state index >= 15 is 0 Å². The number of carbonyl (C=O) groups is 2. The van der Waals surface area contributed by atoms with Crippen molar-refractivity contribution in [3.05, 3.63) is 35.4 Å². The van der Waals surface area contributed by atoms with Crippen molar-refractivity contribution in [2.24, 2.45) is 23.7 Å². The third-order valence-corrected chi connectivity index (χ3v) is 6.39. The predicted octanol–water partition coefficient (Wildman–Crippen LogP) is 2.41. The van der Waals surface area contributed by atoms with Crippen LogP contribution in [0, 0.1) is 23.7 Å². The molecule has 134 valence electrons. The van der Waals surface area contributed by atoms with Gasteiger partial charge in [0.25, 0.3) is 0 Å². The molecule has 0 bridgehead atoms. The number of rotatable bonds is 3. The number of nitrogens with one attached hydrogen (secondary N) is 1. The molecule has 0 unspecified atom stereocenters. The Labute approximate surface area is 148 Å². The van der Waals surface area contributed by atoms with Crippen LogP contribution in [0.1, 0.15) is 30.4 Å². The molecule has 5 atom stereocenters. The van der Waals surface area contributed by atoms with Crippen molar-refractivity contribution >= 4 is 12.0 Å². The molecule has 1 N–H and O–H groups in total. The average molecular weight is 342 g/mol. The van der Waals surface area contributed by atoms with Crippen LogP contribution in [0.5, 0.6) is 0 Å². The van der Waals surface area contributed by atoms with Gasteiger partial charge in [0, 0.05) is 19.6 Å². The molecule has 1 aliphatic heterocycles. The molecule has 2 fully saturated rings. The molecule has 25 heavy (non-hydrogen) atoms. The van der Waals surface area contributed by atoms with Crippen LogP contribution in [0.25, 0.3) is 0 Å². The number of hydrogen-bond acceptors (Lipinski definition) is 3. The van der Waals surface area contributed by atoms with Gasteiger partial charge in [-0.1, -0.05) is 31.2 Å². The van der Waals surface area contributed by atoms with Crippen LogP contribution in [0.3, 0.4) is 0 Å². The molecule has 0 spiro atoms. The Balaban J connectivity index is 1.27. The SMILES string of the molecule is COC(=O)[C@@H]1CCN(C(=O)NC[C@@H]2[C@@H]3Cc4ccccc4[C@@H]23)C[C@H]1C. The first-order valence-corrected chi connectivity index (χ1v) is 9.28. The van der Waals surface area contributed by atoms with Gasteiger partial charge in [-0.25, -0.2) is 4.79 Å². The average Bonchev–Trinajstić information content (AvgIpc) is 3.17. The summed E-state index contributed by atoms with van der Waals surface area (Å²) in [6.07, 6.45) is 1.84. The smallest absolute Gasteiger partial charge is 0.317 e. The fourth-order valence-electron chi connectivity index (χ4n) is 4.91. The second-order valence-electron chi connectivity index (χ2n) is 7.78. The first-order valence-electron chi connectivity index (χ1n) is 9.28. The van der Waals surface area contributed by atoms with E-state index in [1.54, 1.807) is 0 Å². The number of carbonyl (C=O) groups excluding carboxylic acids is 2. The van der Waals surface area contributed by atoms with Gasteiger partial charge >= 0.3 is 12.0 Å². The molecule has 3 aliphatic rings. The monoisotopic (exact) mass is 342 g/mol. The van der Waals surface area contributed by atoms with Crippen LogP contribution < -0.4 is 5.32 Å². The summed E-state index contributed by atoms with van der Waals surface area (Å²) in [6.45, 7) is 4.01. The van der Waals surface area contributed by atoms with Gasteiger partial charge in [-0.05, 0) is 47.6 Å². The molecule has 1 heterocycles.